The normalized spacial score (nSPS) is 11.9. The SMILES string of the molecule is CC/C(=C(/c1ccc(/C=C/C(=O)O)cc1)c1ccc(NC(=O)C(C)C)c(C=N)c1)c1ccc(F)cc1Cl. The number of aliphatic carboxylic acids is 1. The van der Waals surface area contributed by atoms with E-state index in [4.69, 9.17) is 22.1 Å². The first-order chi connectivity index (χ1) is 17.6. The maximum absolute atomic E-state index is 13.8. The molecule has 190 valence electrons. The van der Waals surface area contributed by atoms with E-state index in [0.717, 1.165) is 33.9 Å². The van der Waals surface area contributed by atoms with Gasteiger partial charge < -0.3 is 15.8 Å². The van der Waals surface area contributed by atoms with Crippen LogP contribution in [0, 0.1) is 17.1 Å². The number of carbonyl (C=O) groups is 2. The third-order valence-electron chi connectivity index (χ3n) is 5.81. The smallest absolute Gasteiger partial charge is 0.328 e. The third kappa shape index (κ3) is 6.80. The maximum atomic E-state index is 13.8. The van der Waals surface area contributed by atoms with E-state index in [1.165, 1.54) is 24.4 Å². The molecule has 0 aliphatic rings. The molecule has 0 saturated heterocycles. The lowest BCUT2D eigenvalue weighted by atomic mass is 9.87. The Morgan fingerprint density at radius 2 is 1.73 bits per heavy atom. The van der Waals surface area contributed by atoms with Crippen LogP contribution in [0.15, 0.2) is 66.7 Å². The Balaban J connectivity index is 2.24. The number of allylic oxidation sites excluding steroid dienone is 1. The summed E-state index contributed by atoms with van der Waals surface area (Å²) in [6, 6.07) is 17.1. The Bertz CT molecular complexity index is 1390. The Hall–Kier alpha value is -4.03. The van der Waals surface area contributed by atoms with E-state index in [2.05, 4.69) is 5.32 Å². The number of benzene rings is 3. The zero-order valence-corrected chi connectivity index (χ0v) is 21.6. The first-order valence-electron chi connectivity index (χ1n) is 11.8. The molecule has 3 aromatic carbocycles. The standard InChI is InChI=1S/C30H28ClFN2O3/c1-4-24(25-12-11-23(32)16-26(25)31)29(20-8-5-19(6-9-20)7-14-28(35)36)21-10-13-27(22(15-21)17-33)34-30(37)18(2)3/h5-18,33H,4H2,1-3H3,(H,34,37)(H,35,36)/b14-7+,29-24+,33-17?. The topological polar surface area (TPSA) is 90.2 Å². The number of carboxylic acids is 1. The van der Waals surface area contributed by atoms with Crippen molar-refractivity contribution in [1.29, 1.82) is 5.41 Å². The Morgan fingerprint density at radius 1 is 1.05 bits per heavy atom. The van der Waals surface area contributed by atoms with Crippen LogP contribution in [0.2, 0.25) is 5.02 Å². The highest BCUT2D eigenvalue weighted by Crippen LogP contribution is 2.38. The summed E-state index contributed by atoms with van der Waals surface area (Å²) in [5, 5.41) is 20.0. The van der Waals surface area contributed by atoms with Gasteiger partial charge in [-0.1, -0.05) is 68.8 Å². The first-order valence-corrected chi connectivity index (χ1v) is 12.2. The second kappa shape index (κ2) is 12.3. The summed E-state index contributed by atoms with van der Waals surface area (Å²) >= 11 is 6.47. The molecule has 7 heteroatoms. The van der Waals surface area contributed by atoms with Crippen molar-refractivity contribution in [3.8, 4) is 0 Å². The molecule has 37 heavy (non-hydrogen) atoms. The van der Waals surface area contributed by atoms with Crippen LogP contribution in [0.4, 0.5) is 10.1 Å². The van der Waals surface area contributed by atoms with E-state index < -0.39 is 11.8 Å². The van der Waals surface area contributed by atoms with Gasteiger partial charge in [0.25, 0.3) is 0 Å². The van der Waals surface area contributed by atoms with Gasteiger partial charge in [0, 0.05) is 29.5 Å². The highest BCUT2D eigenvalue weighted by Gasteiger charge is 2.18. The molecule has 0 fully saturated rings. The van der Waals surface area contributed by atoms with Crippen molar-refractivity contribution < 1.29 is 19.1 Å². The van der Waals surface area contributed by atoms with Crippen LogP contribution < -0.4 is 5.32 Å². The van der Waals surface area contributed by atoms with Gasteiger partial charge in [0.1, 0.15) is 5.82 Å². The van der Waals surface area contributed by atoms with Gasteiger partial charge in [-0.3, -0.25) is 4.79 Å². The van der Waals surface area contributed by atoms with Crippen LogP contribution in [0.1, 0.15) is 55.0 Å². The monoisotopic (exact) mass is 518 g/mol. The van der Waals surface area contributed by atoms with Crippen molar-refractivity contribution in [2.24, 2.45) is 5.92 Å². The lowest BCUT2D eigenvalue weighted by Gasteiger charge is -2.19. The number of amides is 1. The van der Waals surface area contributed by atoms with Gasteiger partial charge >= 0.3 is 5.97 Å². The van der Waals surface area contributed by atoms with Gasteiger partial charge in [-0.05, 0) is 70.2 Å². The van der Waals surface area contributed by atoms with Crippen molar-refractivity contribution in [3.63, 3.8) is 0 Å². The Morgan fingerprint density at radius 3 is 2.30 bits per heavy atom. The predicted octanol–water partition coefficient (Wildman–Crippen LogP) is 7.54. The van der Waals surface area contributed by atoms with E-state index >= 15 is 0 Å². The molecule has 0 saturated carbocycles. The maximum Gasteiger partial charge on any atom is 0.328 e. The van der Waals surface area contributed by atoms with E-state index in [0.29, 0.717) is 23.2 Å². The number of hydrogen-bond acceptors (Lipinski definition) is 3. The second-order valence-electron chi connectivity index (χ2n) is 8.72. The molecule has 0 spiro atoms. The molecule has 3 aromatic rings. The van der Waals surface area contributed by atoms with E-state index in [9.17, 15) is 14.0 Å². The van der Waals surface area contributed by atoms with Crippen molar-refractivity contribution in [2.75, 3.05) is 5.32 Å². The van der Waals surface area contributed by atoms with Crippen LogP contribution in [0.5, 0.6) is 0 Å². The van der Waals surface area contributed by atoms with Gasteiger partial charge in [0.2, 0.25) is 5.91 Å². The van der Waals surface area contributed by atoms with Gasteiger partial charge in [-0.2, -0.15) is 0 Å². The summed E-state index contributed by atoms with van der Waals surface area (Å²) < 4.78 is 13.8. The highest BCUT2D eigenvalue weighted by molar-refractivity contribution is 6.32. The summed E-state index contributed by atoms with van der Waals surface area (Å²) in [4.78, 5) is 23.2. The third-order valence-corrected chi connectivity index (χ3v) is 6.12. The number of carboxylic acid groups (broad SMARTS) is 1. The fraction of sp³-hybridized carbons (Fsp3) is 0.167. The fourth-order valence-corrected chi connectivity index (χ4v) is 4.19. The van der Waals surface area contributed by atoms with Crippen LogP contribution in [-0.2, 0) is 9.59 Å². The average Bonchev–Trinajstić information content (AvgIpc) is 2.87. The van der Waals surface area contributed by atoms with Gasteiger partial charge in [-0.15, -0.1) is 0 Å². The Labute approximate surface area is 220 Å². The van der Waals surface area contributed by atoms with Crippen molar-refractivity contribution in [3.05, 3.63) is 105 Å². The summed E-state index contributed by atoms with van der Waals surface area (Å²) in [5.41, 5.74) is 5.78. The van der Waals surface area contributed by atoms with Gasteiger partial charge in [0.05, 0.1) is 5.02 Å². The molecule has 0 radical (unpaired) electrons. The van der Waals surface area contributed by atoms with Crippen molar-refractivity contribution >= 4 is 52.6 Å². The summed E-state index contributed by atoms with van der Waals surface area (Å²) in [7, 11) is 0. The largest absolute Gasteiger partial charge is 0.478 e. The minimum Gasteiger partial charge on any atom is -0.478 e. The molecule has 0 heterocycles. The summed E-state index contributed by atoms with van der Waals surface area (Å²) in [6.45, 7) is 5.57. The molecular weight excluding hydrogens is 491 g/mol. The number of nitrogens with one attached hydrogen (secondary N) is 2. The molecule has 0 aromatic heterocycles. The molecule has 0 bridgehead atoms. The predicted molar refractivity (Wildman–Crippen MR) is 149 cm³/mol. The van der Waals surface area contributed by atoms with Crippen molar-refractivity contribution in [2.45, 2.75) is 27.2 Å². The fourth-order valence-electron chi connectivity index (χ4n) is 3.91. The number of rotatable bonds is 9. The molecule has 5 nitrogen and oxygen atoms in total. The lowest BCUT2D eigenvalue weighted by molar-refractivity contribution is -0.131. The minimum absolute atomic E-state index is 0.149. The van der Waals surface area contributed by atoms with Crippen LogP contribution in [0.25, 0.3) is 17.2 Å². The second-order valence-corrected chi connectivity index (χ2v) is 9.12. The van der Waals surface area contributed by atoms with E-state index in [1.54, 1.807) is 26.0 Å². The van der Waals surface area contributed by atoms with Gasteiger partial charge in [0.15, 0.2) is 0 Å². The van der Waals surface area contributed by atoms with Crippen LogP contribution in [0.3, 0.4) is 0 Å². The molecule has 1 amide bonds. The number of anilines is 1. The summed E-state index contributed by atoms with van der Waals surface area (Å²) in [5.74, 6) is -1.83. The quantitative estimate of drug-likeness (QED) is 0.155. The molecule has 3 N–H and O–H groups in total. The number of carbonyl (C=O) groups excluding carboxylic acids is 1. The minimum atomic E-state index is -1.03. The molecule has 0 aliphatic heterocycles. The van der Waals surface area contributed by atoms with E-state index in [1.807, 2.05) is 43.3 Å². The average molecular weight is 519 g/mol. The molecule has 3 rings (SSSR count). The summed E-state index contributed by atoms with van der Waals surface area (Å²) in [6.07, 6.45) is 4.34. The van der Waals surface area contributed by atoms with Crippen molar-refractivity contribution in [1.82, 2.24) is 0 Å². The molecule has 0 unspecified atom stereocenters. The molecule has 0 atom stereocenters. The number of hydrogen-bond donors (Lipinski definition) is 3. The van der Waals surface area contributed by atoms with Crippen LogP contribution in [-0.4, -0.2) is 23.2 Å². The molecule has 0 aliphatic carbocycles. The zero-order valence-electron chi connectivity index (χ0n) is 20.8. The molecular formula is C30H28ClFN2O3. The number of halogens is 2. The zero-order chi connectivity index (χ0) is 27.1. The van der Waals surface area contributed by atoms with E-state index in [-0.39, 0.29) is 16.8 Å². The Kier molecular flexibility index (Phi) is 9.15. The lowest BCUT2D eigenvalue weighted by Crippen LogP contribution is -2.18. The van der Waals surface area contributed by atoms with Gasteiger partial charge in [-0.25, -0.2) is 9.18 Å². The highest BCUT2D eigenvalue weighted by atomic mass is 35.5. The van der Waals surface area contributed by atoms with Crippen LogP contribution >= 0.6 is 11.6 Å². The first kappa shape index (κ1) is 27.6.